The number of hydrogen-bond acceptors (Lipinski definition) is 5. The number of ketones is 1. The molecular weight excluding hydrogens is 376 g/mol. The number of ether oxygens (including phenoxy) is 1. The Kier molecular flexibility index (Phi) is 6.18. The summed E-state index contributed by atoms with van der Waals surface area (Å²) in [6.45, 7) is 0.158. The zero-order valence-electron chi connectivity index (χ0n) is 15.1. The van der Waals surface area contributed by atoms with Gasteiger partial charge in [-0.15, -0.1) is 11.3 Å². The maximum absolute atomic E-state index is 12.4. The lowest BCUT2D eigenvalue weighted by Crippen LogP contribution is -2.34. The first-order valence-corrected chi connectivity index (χ1v) is 9.31. The lowest BCUT2D eigenvalue weighted by atomic mass is 10.1. The molecule has 0 aliphatic heterocycles. The molecule has 1 aromatic heterocycles. The third kappa shape index (κ3) is 4.63. The SMILES string of the molecule is COc1ccccc1NC(=O)C(=O)NCc1ccc(C(=O)c2ccccc2)s1. The predicted molar refractivity (Wildman–Crippen MR) is 108 cm³/mol. The van der Waals surface area contributed by atoms with Crippen LogP contribution < -0.4 is 15.4 Å². The van der Waals surface area contributed by atoms with Crippen molar-refractivity contribution < 1.29 is 19.1 Å². The Morgan fingerprint density at radius 2 is 1.61 bits per heavy atom. The Morgan fingerprint density at radius 1 is 0.893 bits per heavy atom. The summed E-state index contributed by atoms with van der Waals surface area (Å²) in [5.41, 5.74) is 1.02. The standard InChI is InChI=1S/C21H18N2O4S/c1-27-17-10-6-5-9-16(17)23-21(26)20(25)22-13-15-11-12-18(28-15)19(24)14-7-3-2-4-8-14/h2-12H,13H2,1H3,(H,22,25)(H,23,26). The van der Waals surface area contributed by atoms with E-state index in [0.717, 1.165) is 4.88 Å². The number of rotatable bonds is 6. The van der Waals surface area contributed by atoms with Crippen molar-refractivity contribution in [2.75, 3.05) is 12.4 Å². The van der Waals surface area contributed by atoms with Crippen molar-refractivity contribution in [3.8, 4) is 5.75 Å². The van der Waals surface area contributed by atoms with E-state index in [-0.39, 0.29) is 12.3 Å². The first kappa shape index (κ1) is 19.3. The molecule has 142 valence electrons. The van der Waals surface area contributed by atoms with Crippen LogP contribution in [-0.4, -0.2) is 24.7 Å². The molecule has 2 aromatic carbocycles. The first-order chi connectivity index (χ1) is 13.6. The van der Waals surface area contributed by atoms with Crippen molar-refractivity contribution in [3.63, 3.8) is 0 Å². The molecule has 0 bridgehead atoms. The zero-order valence-corrected chi connectivity index (χ0v) is 15.9. The Labute approximate surface area is 166 Å². The fraction of sp³-hybridized carbons (Fsp3) is 0.0952. The van der Waals surface area contributed by atoms with Crippen LogP contribution in [-0.2, 0) is 16.1 Å². The van der Waals surface area contributed by atoms with Crippen molar-refractivity contribution in [1.82, 2.24) is 5.32 Å². The number of carbonyl (C=O) groups is 3. The molecule has 7 heteroatoms. The molecule has 3 aromatic rings. The van der Waals surface area contributed by atoms with Crippen LogP contribution in [0.5, 0.6) is 5.75 Å². The molecule has 0 fully saturated rings. The molecule has 3 rings (SSSR count). The third-order valence-corrected chi connectivity index (χ3v) is 4.99. The van der Waals surface area contributed by atoms with Gasteiger partial charge in [0, 0.05) is 10.4 Å². The van der Waals surface area contributed by atoms with Crippen LogP contribution in [0.1, 0.15) is 20.1 Å². The summed E-state index contributed by atoms with van der Waals surface area (Å²) in [6.07, 6.45) is 0. The van der Waals surface area contributed by atoms with Gasteiger partial charge in [0.05, 0.1) is 24.2 Å². The largest absolute Gasteiger partial charge is 0.495 e. The van der Waals surface area contributed by atoms with E-state index in [1.54, 1.807) is 48.5 Å². The van der Waals surface area contributed by atoms with E-state index >= 15 is 0 Å². The smallest absolute Gasteiger partial charge is 0.313 e. The third-order valence-electron chi connectivity index (χ3n) is 3.91. The lowest BCUT2D eigenvalue weighted by Gasteiger charge is -2.09. The number of amides is 2. The van der Waals surface area contributed by atoms with E-state index in [2.05, 4.69) is 10.6 Å². The van der Waals surface area contributed by atoms with E-state index in [9.17, 15) is 14.4 Å². The second kappa shape index (κ2) is 8.96. The van der Waals surface area contributed by atoms with Crippen molar-refractivity contribution >= 4 is 34.6 Å². The molecular formula is C21H18N2O4S. The Balaban J connectivity index is 1.57. The highest BCUT2D eigenvalue weighted by molar-refractivity contribution is 7.14. The van der Waals surface area contributed by atoms with Crippen LogP contribution in [0.4, 0.5) is 5.69 Å². The Bertz CT molecular complexity index is 998. The highest BCUT2D eigenvalue weighted by atomic mass is 32.1. The van der Waals surface area contributed by atoms with E-state index in [1.807, 2.05) is 18.2 Å². The molecule has 0 aliphatic carbocycles. The van der Waals surface area contributed by atoms with Gasteiger partial charge >= 0.3 is 11.8 Å². The van der Waals surface area contributed by atoms with Crippen LogP contribution in [0.3, 0.4) is 0 Å². The van der Waals surface area contributed by atoms with Crippen molar-refractivity contribution in [3.05, 3.63) is 82.0 Å². The molecule has 0 unspecified atom stereocenters. The van der Waals surface area contributed by atoms with Gasteiger partial charge in [0.25, 0.3) is 0 Å². The number of thiophene rings is 1. The quantitative estimate of drug-likeness (QED) is 0.497. The summed E-state index contributed by atoms with van der Waals surface area (Å²) in [4.78, 5) is 37.9. The normalized spacial score (nSPS) is 10.2. The van der Waals surface area contributed by atoms with Gasteiger partial charge in [-0.3, -0.25) is 14.4 Å². The van der Waals surface area contributed by atoms with Gasteiger partial charge < -0.3 is 15.4 Å². The van der Waals surface area contributed by atoms with Crippen LogP contribution in [0.2, 0.25) is 0 Å². The number of nitrogens with one attached hydrogen (secondary N) is 2. The van der Waals surface area contributed by atoms with Crippen LogP contribution >= 0.6 is 11.3 Å². The van der Waals surface area contributed by atoms with E-state index in [1.165, 1.54) is 18.4 Å². The topological polar surface area (TPSA) is 84.5 Å². The highest BCUT2D eigenvalue weighted by Crippen LogP contribution is 2.23. The summed E-state index contributed by atoms with van der Waals surface area (Å²) >= 11 is 1.28. The average Bonchev–Trinajstić information content (AvgIpc) is 3.21. The summed E-state index contributed by atoms with van der Waals surface area (Å²) in [6, 6.07) is 19.3. The van der Waals surface area contributed by atoms with Gasteiger partial charge in [-0.05, 0) is 24.3 Å². The summed E-state index contributed by atoms with van der Waals surface area (Å²) < 4.78 is 5.14. The monoisotopic (exact) mass is 394 g/mol. The molecule has 0 saturated heterocycles. The van der Waals surface area contributed by atoms with Crippen molar-refractivity contribution in [2.45, 2.75) is 6.54 Å². The number of anilines is 1. The number of methoxy groups -OCH3 is 1. The average molecular weight is 394 g/mol. The lowest BCUT2D eigenvalue weighted by molar-refractivity contribution is -0.136. The number of benzene rings is 2. The van der Waals surface area contributed by atoms with Gasteiger partial charge in [0.15, 0.2) is 0 Å². The zero-order chi connectivity index (χ0) is 19.9. The van der Waals surface area contributed by atoms with Crippen LogP contribution in [0.15, 0.2) is 66.7 Å². The molecule has 2 N–H and O–H groups in total. The van der Waals surface area contributed by atoms with Gasteiger partial charge in [0.2, 0.25) is 5.78 Å². The number of para-hydroxylation sites is 2. The maximum atomic E-state index is 12.4. The second-order valence-corrected chi connectivity index (χ2v) is 6.97. The van der Waals surface area contributed by atoms with Crippen LogP contribution in [0, 0.1) is 0 Å². The fourth-order valence-corrected chi connectivity index (χ4v) is 3.41. The van der Waals surface area contributed by atoms with Gasteiger partial charge in [-0.25, -0.2) is 0 Å². The van der Waals surface area contributed by atoms with Crippen molar-refractivity contribution in [2.24, 2.45) is 0 Å². The number of carbonyl (C=O) groups excluding carboxylic acids is 3. The first-order valence-electron chi connectivity index (χ1n) is 8.49. The molecule has 0 saturated carbocycles. The maximum Gasteiger partial charge on any atom is 0.313 e. The molecule has 28 heavy (non-hydrogen) atoms. The Morgan fingerprint density at radius 3 is 2.36 bits per heavy atom. The van der Waals surface area contributed by atoms with Gasteiger partial charge in [0.1, 0.15) is 5.75 Å². The molecule has 6 nitrogen and oxygen atoms in total. The van der Waals surface area contributed by atoms with Crippen LogP contribution in [0.25, 0.3) is 0 Å². The predicted octanol–water partition coefficient (Wildman–Crippen LogP) is 3.24. The molecule has 0 spiro atoms. The minimum absolute atomic E-state index is 0.0721. The van der Waals surface area contributed by atoms with Crippen molar-refractivity contribution in [1.29, 1.82) is 0 Å². The molecule has 0 aliphatic rings. The van der Waals surface area contributed by atoms with Gasteiger partial charge in [-0.1, -0.05) is 42.5 Å². The summed E-state index contributed by atoms with van der Waals surface area (Å²) in [5, 5.41) is 5.07. The second-order valence-electron chi connectivity index (χ2n) is 5.80. The van der Waals surface area contributed by atoms with E-state index in [0.29, 0.717) is 21.9 Å². The number of hydrogen-bond donors (Lipinski definition) is 2. The highest BCUT2D eigenvalue weighted by Gasteiger charge is 2.16. The minimum Gasteiger partial charge on any atom is -0.495 e. The van der Waals surface area contributed by atoms with E-state index < -0.39 is 11.8 Å². The molecule has 1 heterocycles. The fourth-order valence-electron chi connectivity index (χ4n) is 2.50. The molecule has 0 radical (unpaired) electrons. The Hall–Kier alpha value is -3.45. The van der Waals surface area contributed by atoms with Gasteiger partial charge in [-0.2, -0.15) is 0 Å². The summed E-state index contributed by atoms with van der Waals surface area (Å²) in [7, 11) is 1.48. The summed E-state index contributed by atoms with van der Waals surface area (Å²) in [5.74, 6) is -1.17. The van der Waals surface area contributed by atoms with E-state index in [4.69, 9.17) is 4.74 Å². The molecule has 2 amide bonds. The minimum atomic E-state index is -0.790. The molecule has 0 atom stereocenters.